The van der Waals surface area contributed by atoms with Crippen LogP contribution < -0.4 is 5.32 Å². The minimum Gasteiger partial charge on any atom is -0.315 e. The van der Waals surface area contributed by atoms with E-state index in [2.05, 4.69) is 28.4 Å². The molecule has 1 N–H and O–H groups in total. The topological polar surface area (TPSA) is 39.1 Å². The molecule has 3 nitrogen and oxygen atoms in total. The Morgan fingerprint density at radius 2 is 2.06 bits per heavy atom. The van der Waals surface area contributed by atoms with Crippen LogP contribution in [0.4, 0.5) is 0 Å². The van der Waals surface area contributed by atoms with Gasteiger partial charge in [-0.25, -0.2) is 0 Å². The summed E-state index contributed by atoms with van der Waals surface area (Å²) in [6.07, 6.45) is 0.792. The predicted molar refractivity (Wildman–Crippen MR) is 68.6 cm³/mol. The summed E-state index contributed by atoms with van der Waals surface area (Å²) in [6.45, 7) is 3.96. The second-order valence-corrected chi connectivity index (χ2v) is 4.94. The van der Waals surface area contributed by atoms with Crippen LogP contribution in [0.25, 0.3) is 0 Å². The quantitative estimate of drug-likeness (QED) is 0.848. The van der Waals surface area contributed by atoms with Crippen LogP contribution in [0.15, 0.2) is 30.3 Å². The van der Waals surface area contributed by atoms with Gasteiger partial charge in [0, 0.05) is 25.6 Å². The molecule has 0 aromatic heterocycles. The molecule has 90 valence electrons. The highest BCUT2D eigenvalue weighted by molar-refractivity contribution is 5.22. The molecule has 1 fully saturated rings. The smallest absolute Gasteiger partial charge is 0.110 e. The summed E-state index contributed by atoms with van der Waals surface area (Å²) in [4.78, 5) is 2.25. The molecule has 0 aliphatic carbocycles. The van der Waals surface area contributed by atoms with E-state index in [1.807, 2.05) is 32.2 Å². The van der Waals surface area contributed by atoms with E-state index in [0.717, 1.165) is 19.5 Å². The Morgan fingerprint density at radius 3 is 2.59 bits per heavy atom. The summed E-state index contributed by atoms with van der Waals surface area (Å²) < 4.78 is 0. The molecule has 2 rings (SSSR count). The second-order valence-electron chi connectivity index (χ2n) is 4.94. The lowest BCUT2D eigenvalue weighted by atomic mass is 9.88. The van der Waals surface area contributed by atoms with Crippen molar-refractivity contribution < 1.29 is 0 Å². The van der Waals surface area contributed by atoms with Crippen LogP contribution in [0.1, 0.15) is 12.5 Å². The van der Waals surface area contributed by atoms with Gasteiger partial charge in [0.05, 0.1) is 6.07 Å². The van der Waals surface area contributed by atoms with Crippen LogP contribution in [-0.4, -0.2) is 36.6 Å². The zero-order chi connectivity index (χ0) is 12.3. The van der Waals surface area contributed by atoms with Crippen molar-refractivity contribution in [2.75, 3.05) is 20.1 Å². The molecule has 0 spiro atoms. The first-order valence-corrected chi connectivity index (χ1v) is 6.05. The number of likely N-dealkylation sites (tertiary alicyclic amines) is 1. The molecule has 3 heteroatoms. The van der Waals surface area contributed by atoms with Crippen molar-refractivity contribution in [3.63, 3.8) is 0 Å². The number of nitrogens with one attached hydrogen (secondary N) is 1. The molecular formula is C14H19N3. The molecule has 1 unspecified atom stereocenters. The van der Waals surface area contributed by atoms with E-state index in [4.69, 9.17) is 0 Å². The highest BCUT2D eigenvalue weighted by Gasteiger charge is 2.40. The largest absolute Gasteiger partial charge is 0.315 e. The van der Waals surface area contributed by atoms with Crippen LogP contribution in [-0.2, 0) is 6.42 Å². The zero-order valence-electron chi connectivity index (χ0n) is 10.5. The van der Waals surface area contributed by atoms with Gasteiger partial charge in [0.15, 0.2) is 0 Å². The molecule has 0 bridgehead atoms. The first-order chi connectivity index (χ1) is 8.18. The molecule has 0 radical (unpaired) electrons. The fraction of sp³-hybridized carbons (Fsp3) is 0.500. The molecule has 0 saturated carbocycles. The van der Waals surface area contributed by atoms with Crippen molar-refractivity contribution in [3.05, 3.63) is 35.9 Å². The van der Waals surface area contributed by atoms with E-state index < -0.39 is 0 Å². The summed E-state index contributed by atoms with van der Waals surface area (Å²) in [5.74, 6) is 0. The third-order valence-corrected chi connectivity index (χ3v) is 3.62. The summed E-state index contributed by atoms with van der Waals surface area (Å²) in [7, 11) is 1.98. The van der Waals surface area contributed by atoms with Crippen molar-refractivity contribution in [1.29, 1.82) is 5.26 Å². The molecule has 1 aliphatic rings. The van der Waals surface area contributed by atoms with E-state index >= 15 is 0 Å². The van der Waals surface area contributed by atoms with Crippen LogP contribution in [0.2, 0.25) is 0 Å². The maximum absolute atomic E-state index is 9.43. The van der Waals surface area contributed by atoms with Gasteiger partial charge in [0.2, 0.25) is 0 Å². The number of rotatable bonds is 4. The van der Waals surface area contributed by atoms with Crippen molar-refractivity contribution in [2.24, 2.45) is 0 Å². The summed E-state index contributed by atoms with van der Waals surface area (Å²) >= 11 is 0. The van der Waals surface area contributed by atoms with Gasteiger partial charge in [0.25, 0.3) is 0 Å². The summed E-state index contributed by atoms with van der Waals surface area (Å²) in [6, 6.07) is 13.3. The standard InChI is InChI=1S/C14H19N3/c1-14(11-15,17-9-13(10-17)16-2)8-12-6-4-3-5-7-12/h3-7,13,16H,8-10H2,1-2H3. The van der Waals surface area contributed by atoms with Gasteiger partial charge in [-0.3, -0.25) is 4.90 Å². The third kappa shape index (κ3) is 2.49. The van der Waals surface area contributed by atoms with Crippen molar-refractivity contribution in [2.45, 2.75) is 24.9 Å². The molecule has 1 saturated heterocycles. The number of nitrogens with zero attached hydrogens (tertiary/aromatic N) is 2. The molecule has 17 heavy (non-hydrogen) atoms. The minimum absolute atomic E-state index is 0.380. The van der Waals surface area contributed by atoms with Gasteiger partial charge in [-0.15, -0.1) is 0 Å². The monoisotopic (exact) mass is 229 g/mol. The fourth-order valence-corrected chi connectivity index (χ4v) is 2.28. The lowest BCUT2D eigenvalue weighted by Gasteiger charge is -2.47. The Bertz CT molecular complexity index is 403. The van der Waals surface area contributed by atoms with Gasteiger partial charge in [-0.2, -0.15) is 5.26 Å². The molecule has 1 atom stereocenters. The number of nitriles is 1. The number of likely N-dealkylation sites (N-methyl/N-ethyl adjacent to an activating group) is 1. The number of hydrogen-bond donors (Lipinski definition) is 1. The third-order valence-electron chi connectivity index (χ3n) is 3.62. The Kier molecular flexibility index (Phi) is 3.46. The summed E-state index contributed by atoms with van der Waals surface area (Å²) in [5, 5.41) is 12.7. The van der Waals surface area contributed by atoms with Gasteiger partial charge in [0.1, 0.15) is 5.54 Å². The molecular weight excluding hydrogens is 210 g/mol. The number of benzene rings is 1. The SMILES string of the molecule is CNC1CN(C(C)(C#N)Cc2ccccc2)C1. The van der Waals surface area contributed by atoms with E-state index in [0.29, 0.717) is 6.04 Å². The maximum Gasteiger partial charge on any atom is 0.110 e. The lowest BCUT2D eigenvalue weighted by molar-refractivity contribution is 0.0489. The highest BCUT2D eigenvalue weighted by Crippen LogP contribution is 2.25. The Balaban J connectivity index is 2.04. The van der Waals surface area contributed by atoms with E-state index in [1.165, 1.54) is 5.56 Å². The Hall–Kier alpha value is -1.37. The first kappa shape index (κ1) is 12.1. The molecule has 0 amide bonds. The van der Waals surface area contributed by atoms with Crippen LogP contribution in [0, 0.1) is 11.3 Å². The number of hydrogen-bond acceptors (Lipinski definition) is 3. The molecule has 1 heterocycles. The van der Waals surface area contributed by atoms with E-state index in [1.54, 1.807) is 0 Å². The van der Waals surface area contributed by atoms with Gasteiger partial charge >= 0.3 is 0 Å². The fourth-order valence-electron chi connectivity index (χ4n) is 2.28. The first-order valence-electron chi connectivity index (χ1n) is 6.05. The van der Waals surface area contributed by atoms with Crippen molar-refractivity contribution in [3.8, 4) is 6.07 Å². The lowest BCUT2D eigenvalue weighted by Crippen LogP contribution is -2.65. The van der Waals surface area contributed by atoms with Gasteiger partial charge in [-0.05, 0) is 19.5 Å². The molecule has 1 aromatic carbocycles. The normalized spacial score (nSPS) is 20.3. The Morgan fingerprint density at radius 1 is 1.41 bits per heavy atom. The van der Waals surface area contributed by atoms with Crippen molar-refractivity contribution >= 4 is 0 Å². The van der Waals surface area contributed by atoms with Crippen LogP contribution in [0.3, 0.4) is 0 Å². The van der Waals surface area contributed by atoms with E-state index in [9.17, 15) is 5.26 Å². The highest BCUT2D eigenvalue weighted by atomic mass is 15.3. The van der Waals surface area contributed by atoms with E-state index in [-0.39, 0.29) is 5.54 Å². The second kappa shape index (κ2) is 4.87. The zero-order valence-corrected chi connectivity index (χ0v) is 10.5. The summed E-state index contributed by atoms with van der Waals surface area (Å²) in [5.41, 5.74) is 0.846. The predicted octanol–water partition coefficient (Wildman–Crippen LogP) is 1.41. The molecule has 1 aromatic rings. The van der Waals surface area contributed by atoms with Crippen molar-refractivity contribution in [1.82, 2.24) is 10.2 Å². The van der Waals surface area contributed by atoms with Gasteiger partial charge in [-0.1, -0.05) is 30.3 Å². The Labute approximate surface area is 103 Å². The maximum atomic E-state index is 9.43. The average Bonchev–Trinajstić information content (AvgIpc) is 2.29. The van der Waals surface area contributed by atoms with Gasteiger partial charge < -0.3 is 5.32 Å². The molecule has 1 aliphatic heterocycles. The minimum atomic E-state index is -0.380. The van der Waals surface area contributed by atoms with Crippen LogP contribution >= 0.6 is 0 Å². The van der Waals surface area contributed by atoms with Crippen LogP contribution in [0.5, 0.6) is 0 Å². The average molecular weight is 229 g/mol.